The first-order valence-corrected chi connectivity index (χ1v) is 23.7. The summed E-state index contributed by atoms with van der Waals surface area (Å²) in [4.78, 5) is 52.7. The first kappa shape index (κ1) is 48.7. The molecule has 334 valence electrons. The van der Waals surface area contributed by atoms with E-state index in [1.54, 1.807) is 11.8 Å². The van der Waals surface area contributed by atoms with Crippen LogP contribution in [0.25, 0.3) is 0 Å². The number of hydrogen-bond acceptors (Lipinski definition) is 13. The molecule has 0 bridgehead atoms. The van der Waals surface area contributed by atoms with E-state index in [1.807, 2.05) is 55.4 Å². The molecule has 0 saturated carbocycles. The van der Waals surface area contributed by atoms with Gasteiger partial charge in [0.2, 0.25) is 0 Å². The summed E-state index contributed by atoms with van der Waals surface area (Å²) in [5.74, 6) is 1.26. The van der Waals surface area contributed by atoms with E-state index in [2.05, 4.69) is 28.2 Å². The minimum atomic E-state index is -0.819. The standard InChI is InChI=1S/C45H80N4O8S/c1-41(2,40(53)57-43(5,6)33-13-23-47-24-14-33)20-10-37(50)54-44(7,8)35-17-27-49-36(30-35)31-45(9,34-15-25-48-26-16-34)56-39(52)19-29-58-28-18-38(51)55-42(3,4)32-11-21-46-22-12-32/h32-36,46-49H,10-31H2,1-9H3. The summed E-state index contributed by atoms with van der Waals surface area (Å²) in [6, 6.07) is 0.0935. The maximum atomic E-state index is 13.4. The van der Waals surface area contributed by atoms with E-state index in [0.717, 1.165) is 97.2 Å². The van der Waals surface area contributed by atoms with E-state index in [9.17, 15) is 19.2 Å². The maximum absolute atomic E-state index is 13.4. The Labute approximate surface area is 354 Å². The molecule has 13 heteroatoms. The predicted octanol–water partition coefficient (Wildman–Crippen LogP) is 6.33. The largest absolute Gasteiger partial charge is 0.459 e. The average molecular weight is 837 g/mol. The van der Waals surface area contributed by atoms with Crippen molar-refractivity contribution in [3.63, 3.8) is 0 Å². The summed E-state index contributed by atoms with van der Waals surface area (Å²) in [7, 11) is 0. The molecule has 0 radical (unpaired) electrons. The molecule has 4 rings (SSSR count). The third-order valence-electron chi connectivity index (χ3n) is 13.8. The van der Waals surface area contributed by atoms with Gasteiger partial charge < -0.3 is 40.2 Å². The van der Waals surface area contributed by atoms with Gasteiger partial charge in [0, 0.05) is 54.1 Å². The maximum Gasteiger partial charge on any atom is 0.312 e. The Kier molecular flexibility index (Phi) is 18.3. The lowest BCUT2D eigenvalue weighted by Crippen LogP contribution is -2.53. The Hall–Kier alpha value is -1.93. The Balaban J connectivity index is 1.24. The van der Waals surface area contributed by atoms with Crippen molar-refractivity contribution in [2.75, 3.05) is 57.3 Å². The molecule has 4 aliphatic heterocycles. The molecule has 0 aromatic rings. The molecule has 12 nitrogen and oxygen atoms in total. The van der Waals surface area contributed by atoms with E-state index in [0.29, 0.717) is 42.6 Å². The molecule has 0 aliphatic carbocycles. The van der Waals surface area contributed by atoms with E-state index >= 15 is 0 Å². The Morgan fingerprint density at radius 2 is 0.931 bits per heavy atom. The molecule has 3 unspecified atom stereocenters. The van der Waals surface area contributed by atoms with Gasteiger partial charge >= 0.3 is 23.9 Å². The van der Waals surface area contributed by atoms with Crippen LogP contribution in [-0.4, -0.2) is 110 Å². The van der Waals surface area contributed by atoms with Crippen LogP contribution in [-0.2, 0) is 38.1 Å². The van der Waals surface area contributed by atoms with Crippen LogP contribution in [0.4, 0.5) is 0 Å². The molecule has 4 fully saturated rings. The van der Waals surface area contributed by atoms with Gasteiger partial charge in [-0.15, -0.1) is 0 Å². The lowest BCUT2D eigenvalue weighted by atomic mass is 9.73. The third kappa shape index (κ3) is 14.9. The molecule has 0 aromatic carbocycles. The predicted molar refractivity (Wildman–Crippen MR) is 230 cm³/mol. The van der Waals surface area contributed by atoms with E-state index in [4.69, 9.17) is 18.9 Å². The van der Waals surface area contributed by atoms with E-state index in [-0.39, 0.29) is 54.6 Å². The van der Waals surface area contributed by atoms with Gasteiger partial charge in [-0.1, -0.05) is 0 Å². The first-order valence-electron chi connectivity index (χ1n) is 22.5. The zero-order valence-electron chi connectivity index (χ0n) is 37.6. The Bertz CT molecular complexity index is 1340. The molecule has 4 heterocycles. The SMILES string of the molecule is CC(C)(CCC(=O)OC(C)(C)C1CCNC(CC(C)(OC(=O)CCSCCC(=O)OC(C)(C)C2CCNCC2)C2CCNCC2)C1)C(=O)OC(C)(C)C1CCNCC1. The second kappa shape index (κ2) is 21.7. The van der Waals surface area contributed by atoms with Crippen molar-refractivity contribution in [3.05, 3.63) is 0 Å². The molecule has 0 amide bonds. The van der Waals surface area contributed by atoms with Crippen LogP contribution in [0.15, 0.2) is 0 Å². The lowest BCUT2D eigenvalue weighted by molar-refractivity contribution is -0.175. The fourth-order valence-electron chi connectivity index (χ4n) is 9.60. The number of esters is 4. The number of piperidine rings is 4. The molecular weight excluding hydrogens is 757 g/mol. The summed E-state index contributed by atoms with van der Waals surface area (Å²) in [5.41, 5.74) is -3.20. The number of hydrogen-bond donors (Lipinski definition) is 4. The Morgan fingerprint density at radius 3 is 1.45 bits per heavy atom. The van der Waals surface area contributed by atoms with Crippen LogP contribution < -0.4 is 21.3 Å². The monoisotopic (exact) mass is 837 g/mol. The smallest absolute Gasteiger partial charge is 0.312 e. The fraction of sp³-hybridized carbons (Fsp3) is 0.911. The molecule has 3 atom stereocenters. The second-order valence-corrected chi connectivity index (χ2v) is 21.3. The van der Waals surface area contributed by atoms with E-state index < -0.39 is 27.8 Å². The molecule has 4 N–H and O–H groups in total. The van der Waals surface area contributed by atoms with Gasteiger partial charge in [0.25, 0.3) is 0 Å². The quantitative estimate of drug-likeness (QED) is 0.0615. The molecular formula is C45H80N4O8S. The van der Waals surface area contributed by atoms with Gasteiger partial charge in [-0.2, -0.15) is 11.8 Å². The van der Waals surface area contributed by atoms with Crippen LogP contribution in [0.1, 0.15) is 146 Å². The molecule has 4 aliphatic rings. The van der Waals surface area contributed by atoms with Crippen molar-refractivity contribution in [2.24, 2.45) is 29.1 Å². The summed E-state index contributed by atoms with van der Waals surface area (Å²) in [6.45, 7) is 24.2. The number of carbonyl (C=O) groups is 4. The van der Waals surface area contributed by atoms with Crippen molar-refractivity contribution < 1.29 is 38.1 Å². The van der Waals surface area contributed by atoms with Crippen molar-refractivity contribution in [1.29, 1.82) is 0 Å². The van der Waals surface area contributed by atoms with Crippen LogP contribution in [0.2, 0.25) is 0 Å². The van der Waals surface area contributed by atoms with Crippen molar-refractivity contribution in [1.82, 2.24) is 21.3 Å². The first-order chi connectivity index (χ1) is 27.2. The van der Waals surface area contributed by atoms with Crippen molar-refractivity contribution in [3.8, 4) is 0 Å². The average Bonchev–Trinajstić information content (AvgIpc) is 3.17. The van der Waals surface area contributed by atoms with Crippen LogP contribution in [0, 0.1) is 29.1 Å². The van der Waals surface area contributed by atoms with Gasteiger partial charge in [0.05, 0.1) is 18.3 Å². The van der Waals surface area contributed by atoms with Crippen LogP contribution in [0.5, 0.6) is 0 Å². The second-order valence-electron chi connectivity index (χ2n) is 20.1. The van der Waals surface area contributed by atoms with E-state index in [1.165, 1.54) is 0 Å². The molecule has 0 spiro atoms. The summed E-state index contributed by atoms with van der Waals surface area (Å²) in [6.07, 6.45) is 9.28. The summed E-state index contributed by atoms with van der Waals surface area (Å²) < 4.78 is 24.6. The number of carbonyl (C=O) groups excluding carboxylic acids is 4. The number of rotatable bonds is 20. The van der Waals surface area contributed by atoms with Gasteiger partial charge in [-0.05, 0) is 166 Å². The lowest BCUT2D eigenvalue weighted by Gasteiger charge is -2.45. The zero-order valence-corrected chi connectivity index (χ0v) is 38.4. The minimum Gasteiger partial charge on any atom is -0.459 e. The van der Waals surface area contributed by atoms with Gasteiger partial charge in [0.15, 0.2) is 0 Å². The summed E-state index contributed by atoms with van der Waals surface area (Å²) >= 11 is 1.59. The normalized spacial score (nSPS) is 23.4. The number of ether oxygens (including phenoxy) is 4. The highest BCUT2D eigenvalue weighted by atomic mass is 32.2. The summed E-state index contributed by atoms with van der Waals surface area (Å²) in [5, 5.41) is 13.9. The topological polar surface area (TPSA) is 153 Å². The van der Waals surface area contributed by atoms with Gasteiger partial charge in [-0.25, -0.2) is 0 Å². The Morgan fingerprint density at radius 1 is 0.517 bits per heavy atom. The fourth-order valence-corrected chi connectivity index (χ4v) is 10.4. The number of thioether (sulfide) groups is 1. The molecule has 58 heavy (non-hydrogen) atoms. The van der Waals surface area contributed by atoms with Gasteiger partial charge in [0.1, 0.15) is 22.4 Å². The van der Waals surface area contributed by atoms with Crippen molar-refractivity contribution >= 4 is 35.6 Å². The highest BCUT2D eigenvalue weighted by molar-refractivity contribution is 7.99. The minimum absolute atomic E-state index is 0.0935. The van der Waals surface area contributed by atoms with Gasteiger partial charge in [-0.3, -0.25) is 19.2 Å². The molecule has 4 saturated heterocycles. The van der Waals surface area contributed by atoms with Crippen LogP contribution in [0.3, 0.4) is 0 Å². The number of nitrogens with one attached hydrogen (secondary N) is 4. The third-order valence-corrected chi connectivity index (χ3v) is 14.8. The molecule has 0 aromatic heterocycles. The van der Waals surface area contributed by atoms with Crippen molar-refractivity contribution in [2.45, 2.75) is 174 Å². The highest BCUT2D eigenvalue weighted by Gasteiger charge is 2.45. The zero-order chi connectivity index (χ0) is 42.6. The highest BCUT2D eigenvalue weighted by Crippen LogP contribution is 2.39. The van der Waals surface area contributed by atoms with Crippen LogP contribution >= 0.6 is 11.8 Å².